The second-order valence-corrected chi connectivity index (χ2v) is 7.94. The van der Waals surface area contributed by atoms with E-state index in [1.54, 1.807) is 11.8 Å². The van der Waals surface area contributed by atoms with E-state index in [1.807, 2.05) is 20.2 Å². The largest absolute Gasteiger partial charge is 0.480 e. The first-order valence-corrected chi connectivity index (χ1v) is 8.28. The van der Waals surface area contributed by atoms with Crippen LogP contribution in [0.2, 0.25) is 0 Å². The van der Waals surface area contributed by atoms with Crippen LogP contribution in [0.5, 0.6) is 0 Å². The molecule has 2 N–H and O–H groups in total. The number of hydrogen-bond acceptors (Lipinski definition) is 4. The molecule has 2 saturated heterocycles. The van der Waals surface area contributed by atoms with E-state index in [2.05, 4.69) is 15.2 Å². The van der Waals surface area contributed by atoms with Crippen molar-refractivity contribution in [3.8, 4) is 0 Å². The van der Waals surface area contributed by atoms with Gasteiger partial charge in [-0.2, -0.15) is 0 Å². The van der Waals surface area contributed by atoms with E-state index in [9.17, 15) is 9.90 Å². The van der Waals surface area contributed by atoms with E-state index in [-0.39, 0.29) is 10.1 Å². The van der Waals surface area contributed by atoms with E-state index in [0.29, 0.717) is 6.54 Å². The van der Waals surface area contributed by atoms with E-state index < -0.39 is 12.0 Å². The van der Waals surface area contributed by atoms with Crippen molar-refractivity contribution in [1.29, 1.82) is 0 Å². The van der Waals surface area contributed by atoms with Crippen LogP contribution in [0.25, 0.3) is 0 Å². The summed E-state index contributed by atoms with van der Waals surface area (Å²) in [5.41, 5.74) is 0. The minimum Gasteiger partial charge on any atom is -0.480 e. The van der Waals surface area contributed by atoms with E-state index in [0.717, 1.165) is 13.1 Å². The predicted molar refractivity (Wildman–Crippen MR) is 83.4 cm³/mol. The first-order valence-electron chi connectivity index (χ1n) is 7.40. The third-order valence-electron chi connectivity index (χ3n) is 3.90. The summed E-state index contributed by atoms with van der Waals surface area (Å²) in [5.74, 6) is -0.776. The molecule has 0 amide bonds. The van der Waals surface area contributed by atoms with Crippen LogP contribution in [0, 0.1) is 0 Å². The lowest BCUT2D eigenvalue weighted by Crippen LogP contribution is -2.45. The molecule has 6 heteroatoms. The Bertz CT molecular complexity index is 365. The summed E-state index contributed by atoms with van der Waals surface area (Å²) in [5, 5.41) is 12.5. The molecule has 0 spiro atoms. The summed E-state index contributed by atoms with van der Waals surface area (Å²) in [6, 6.07) is -0.495. The summed E-state index contributed by atoms with van der Waals surface area (Å²) < 4.78 is -0.283. The van der Waals surface area contributed by atoms with Crippen molar-refractivity contribution in [2.75, 3.05) is 19.6 Å². The molecule has 0 radical (unpaired) electrons. The lowest BCUT2D eigenvalue weighted by Gasteiger charge is -2.20. The fourth-order valence-corrected chi connectivity index (χ4v) is 4.19. The molecule has 2 fully saturated rings. The number of hydrogen-bond donors (Lipinski definition) is 2. The lowest BCUT2D eigenvalue weighted by atomic mass is 10.0. The van der Waals surface area contributed by atoms with Gasteiger partial charge in [-0.15, -0.1) is 11.8 Å². The Balaban J connectivity index is 1.81. The van der Waals surface area contributed by atoms with Crippen LogP contribution in [0.1, 0.15) is 39.5 Å². The minimum absolute atomic E-state index is 0.0920. The van der Waals surface area contributed by atoms with Gasteiger partial charge in [0.25, 0.3) is 0 Å². The third kappa shape index (κ3) is 4.12. The van der Waals surface area contributed by atoms with Gasteiger partial charge < -0.3 is 10.0 Å². The van der Waals surface area contributed by atoms with E-state index >= 15 is 0 Å². The van der Waals surface area contributed by atoms with Crippen LogP contribution in [0.15, 0.2) is 4.99 Å². The Hall–Kier alpha value is -0.750. The van der Waals surface area contributed by atoms with Gasteiger partial charge in [-0.1, -0.05) is 12.8 Å². The quantitative estimate of drug-likeness (QED) is 0.612. The molecule has 0 saturated carbocycles. The molecule has 2 rings (SSSR count). The molecule has 0 aromatic heterocycles. The summed E-state index contributed by atoms with van der Waals surface area (Å²) in [6.45, 7) is 6.77. The number of aliphatic carboxylic acids is 1. The van der Waals surface area contributed by atoms with Gasteiger partial charge >= 0.3 is 5.97 Å². The van der Waals surface area contributed by atoms with Crippen molar-refractivity contribution in [2.24, 2.45) is 4.99 Å². The van der Waals surface area contributed by atoms with Crippen LogP contribution in [-0.2, 0) is 4.79 Å². The van der Waals surface area contributed by atoms with Crippen molar-refractivity contribution in [3.63, 3.8) is 0 Å². The van der Waals surface area contributed by atoms with Crippen LogP contribution in [-0.4, -0.2) is 58.1 Å². The third-order valence-corrected chi connectivity index (χ3v) is 5.31. The highest BCUT2D eigenvalue weighted by molar-refractivity contribution is 8.01. The highest BCUT2D eigenvalue weighted by Gasteiger charge is 2.44. The fraction of sp³-hybridized carbons (Fsp3) is 0.857. The molecule has 0 aromatic rings. The molecule has 0 aliphatic carbocycles. The van der Waals surface area contributed by atoms with Gasteiger partial charge in [0.05, 0.1) is 18.3 Å². The Morgan fingerprint density at radius 1 is 1.40 bits per heavy atom. The van der Waals surface area contributed by atoms with Gasteiger partial charge in [0.15, 0.2) is 0 Å². The highest BCUT2D eigenvalue weighted by Crippen LogP contribution is 2.37. The molecule has 2 atom stereocenters. The molecule has 0 bridgehead atoms. The Morgan fingerprint density at radius 3 is 2.60 bits per heavy atom. The molecular formula is C14H25N3O2S. The van der Waals surface area contributed by atoms with Crippen LogP contribution < -0.4 is 5.32 Å². The number of likely N-dealkylation sites (tertiary alicyclic amines) is 1. The summed E-state index contributed by atoms with van der Waals surface area (Å²) in [4.78, 5) is 18.0. The number of rotatable bonds is 4. The van der Waals surface area contributed by atoms with Crippen molar-refractivity contribution < 1.29 is 9.90 Å². The number of nitrogens with zero attached hydrogens (tertiary/aromatic N) is 2. The maximum absolute atomic E-state index is 11.2. The average molecular weight is 299 g/mol. The Morgan fingerprint density at radius 2 is 2.05 bits per heavy atom. The van der Waals surface area contributed by atoms with Gasteiger partial charge in [-0.25, -0.2) is 0 Å². The summed E-state index contributed by atoms with van der Waals surface area (Å²) in [6.07, 6.45) is 7.08. The first-order chi connectivity index (χ1) is 9.49. The minimum atomic E-state index is -0.776. The fourth-order valence-electron chi connectivity index (χ4n) is 2.78. The zero-order valence-corrected chi connectivity index (χ0v) is 13.2. The lowest BCUT2D eigenvalue weighted by molar-refractivity contribution is -0.139. The molecule has 2 heterocycles. The molecule has 5 nitrogen and oxygen atoms in total. The monoisotopic (exact) mass is 299 g/mol. The number of nitrogens with one attached hydrogen (secondary N) is 1. The van der Waals surface area contributed by atoms with Crippen LogP contribution in [0.3, 0.4) is 0 Å². The van der Waals surface area contributed by atoms with Crippen molar-refractivity contribution >= 4 is 24.1 Å². The average Bonchev–Trinajstić information content (AvgIpc) is 2.54. The maximum Gasteiger partial charge on any atom is 0.322 e. The molecule has 114 valence electrons. The molecule has 0 aromatic carbocycles. The number of carboxylic acids is 1. The van der Waals surface area contributed by atoms with Gasteiger partial charge in [0.1, 0.15) is 6.04 Å². The normalized spacial score (nSPS) is 30.6. The summed E-state index contributed by atoms with van der Waals surface area (Å²) >= 11 is 1.67. The number of carboxylic acid groups (broad SMARTS) is 1. The zero-order chi connectivity index (χ0) is 14.6. The highest BCUT2D eigenvalue weighted by atomic mass is 32.2. The van der Waals surface area contributed by atoms with Crippen molar-refractivity contribution in [1.82, 2.24) is 10.2 Å². The van der Waals surface area contributed by atoms with E-state index in [1.165, 1.54) is 25.7 Å². The SMILES string of the molecule is CC1(C)S[C@H](CN=CN2CCCCCC2)N[C@H]1C(=O)O. The van der Waals surface area contributed by atoms with Crippen molar-refractivity contribution in [2.45, 2.75) is 55.7 Å². The predicted octanol–water partition coefficient (Wildman–Crippen LogP) is 1.78. The number of carbonyl (C=O) groups is 1. The topological polar surface area (TPSA) is 64.9 Å². The van der Waals surface area contributed by atoms with Crippen LogP contribution >= 0.6 is 11.8 Å². The Kier molecular flexibility index (Phi) is 5.32. The van der Waals surface area contributed by atoms with Gasteiger partial charge in [0, 0.05) is 17.8 Å². The molecule has 0 unspecified atom stereocenters. The zero-order valence-electron chi connectivity index (χ0n) is 12.3. The van der Waals surface area contributed by atoms with Gasteiger partial charge in [-0.05, 0) is 26.7 Å². The molecule has 20 heavy (non-hydrogen) atoms. The van der Waals surface area contributed by atoms with Gasteiger partial charge in [0.2, 0.25) is 0 Å². The molecular weight excluding hydrogens is 274 g/mol. The van der Waals surface area contributed by atoms with Crippen molar-refractivity contribution in [3.05, 3.63) is 0 Å². The Labute approximate surface area is 125 Å². The first kappa shape index (κ1) is 15.6. The number of thioether (sulfide) groups is 1. The summed E-state index contributed by atoms with van der Waals surface area (Å²) in [7, 11) is 0. The molecule has 2 aliphatic rings. The van der Waals surface area contributed by atoms with Gasteiger partial charge in [-0.3, -0.25) is 15.1 Å². The van der Waals surface area contributed by atoms with E-state index in [4.69, 9.17) is 0 Å². The second kappa shape index (κ2) is 6.80. The molecule has 2 aliphatic heterocycles. The maximum atomic E-state index is 11.2. The van der Waals surface area contributed by atoms with Crippen LogP contribution in [0.4, 0.5) is 0 Å². The number of aliphatic imine (C=N–C) groups is 1. The smallest absolute Gasteiger partial charge is 0.322 e. The second-order valence-electron chi connectivity index (χ2n) is 6.08. The standard InChI is InChI=1S/C14H25N3O2S/c1-14(2)12(13(18)19)16-11(20-14)9-15-10-17-7-5-3-4-6-8-17/h10-12,16H,3-9H2,1-2H3,(H,18,19)/t11-,12+/m1/s1.